The first-order valence-corrected chi connectivity index (χ1v) is 7.71. The smallest absolute Gasteiger partial charge is 0.176 e. The highest BCUT2D eigenvalue weighted by molar-refractivity contribution is 8.00. The summed E-state index contributed by atoms with van der Waals surface area (Å²) in [6.07, 6.45) is 6.02. The Morgan fingerprint density at radius 2 is 1.71 bits per heavy atom. The normalized spacial score (nSPS) is 16.5. The summed E-state index contributed by atoms with van der Waals surface area (Å²) >= 11 is 1.06. The Hall–Kier alpha value is -1.50. The van der Waals surface area contributed by atoms with Crippen molar-refractivity contribution in [2.45, 2.75) is 42.2 Å². The summed E-state index contributed by atoms with van der Waals surface area (Å²) in [6.45, 7) is 0. The van der Waals surface area contributed by atoms with Gasteiger partial charge < -0.3 is 5.73 Å². The van der Waals surface area contributed by atoms with Gasteiger partial charge in [0, 0.05) is 5.25 Å². The van der Waals surface area contributed by atoms with Gasteiger partial charge in [0.1, 0.15) is 17.7 Å². The summed E-state index contributed by atoms with van der Waals surface area (Å²) in [5.74, 6) is -3.49. The lowest BCUT2D eigenvalue weighted by Crippen LogP contribution is -2.10. The highest BCUT2D eigenvalue weighted by Gasteiger charge is 2.26. The Kier molecular flexibility index (Phi) is 3.93. The number of nitrogen functional groups attached to an aromatic ring is 1. The lowest BCUT2D eigenvalue weighted by atomic mass is 10.0. The highest BCUT2D eigenvalue weighted by Crippen LogP contribution is 2.40. The van der Waals surface area contributed by atoms with Crippen molar-refractivity contribution in [3.8, 4) is 0 Å². The Morgan fingerprint density at radius 1 is 1.00 bits per heavy atom. The van der Waals surface area contributed by atoms with Crippen LogP contribution in [-0.4, -0.2) is 15.2 Å². The monoisotopic (exact) mass is 313 g/mol. The van der Waals surface area contributed by atoms with Gasteiger partial charge in [-0.3, -0.25) is 0 Å². The van der Waals surface area contributed by atoms with Crippen molar-refractivity contribution in [1.82, 2.24) is 9.97 Å². The van der Waals surface area contributed by atoms with Gasteiger partial charge in [-0.15, -0.1) is 11.8 Å². The van der Waals surface area contributed by atoms with Crippen LogP contribution in [0.4, 0.5) is 19.0 Å². The van der Waals surface area contributed by atoms with Crippen LogP contribution in [0.5, 0.6) is 0 Å². The van der Waals surface area contributed by atoms with Gasteiger partial charge in [-0.2, -0.15) is 0 Å². The number of nitrogens with zero attached hydrogens (tertiary/aromatic N) is 2. The molecule has 0 radical (unpaired) electrons. The number of nitrogens with two attached hydrogens (primary N) is 1. The van der Waals surface area contributed by atoms with Crippen molar-refractivity contribution < 1.29 is 13.2 Å². The SMILES string of the molecule is Nc1ncnc2c(F)c(SC3CCCCC3)c(F)c(F)c12. The molecule has 0 amide bonds. The predicted molar refractivity (Wildman–Crippen MR) is 76.6 cm³/mol. The van der Waals surface area contributed by atoms with Crippen LogP contribution in [0.1, 0.15) is 32.1 Å². The van der Waals surface area contributed by atoms with E-state index in [-0.39, 0.29) is 26.9 Å². The zero-order valence-electron chi connectivity index (χ0n) is 11.2. The van der Waals surface area contributed by atoms with Crippen molar-refractivity contribution in [3.05, 3.63) is 23.8 Å². The van der Waals surface area contributed by atoms with E-state index in [1.165, 1.54) is 0 Å². The zero-order valence-corrected chi connectivity index (χ0v) is 12.0. The second-order valence-corrected chi connectivity index (χ2v) is 6.44. The molecule has 0 bridgehead atoms. The van der Waals surface area contributed by atoms with Gasteiger partial charge in [-0.25, -0.2) is 23.1 Å². The maximum atomic E-state index is 14.5. The lowest BCUT2D eigenvalue weighted by Gasteiger charge is -2.21. The first-order valence-electron chi connectivity index (χ1n) is 6.83. The average molecular weight is 313 g/mol. The van der Waals surface area contributed by atoms with Gasteiger partial charge >= 0.3 is 0 Å². The van der Waals surface area contributed by atoms with E-state index in [1.54, 1.807) is 0 Å². The summed E-state index contributed by atoms with van der Waals surface area (Å²) < 4.78 is 42.8. The molecule has 112 valence electrons. The van der Waals surface area contributed by atoms with Crippen molar-refractivity contribution in [1.29, 1.82) is 0 Å². The van der Waals surface area contributed by atoms with Crippen molar-refractivity contribution in [2.24, 2.45) is 0 Å². The molecule has 0 spiro atoms. The molecule has 0 atom stereocenters. The topological polar surface area (TPSA) is 51.8 Å². The summed E-state index contributed by atoms with van der Waals surface area (Å²) in [6, 6.07) is 0. The third-order valence-corrected chi connectivity index (χ3v) is 5.13. The van der Waals surface area contributed by atoms with Crippen LogP contribution in [-0.2, 0) is 0 Å². The van der Waals surface area contributed by atoms with Crippen LogP contribution in [0.25, 0.3) is 10.9 Å². The predicted octanol–water partition coefficient (Wildman–Crippen LogP) is 4.05. The molecule has 1 aliphatic rings. The second-order valence-electron chi connectivity index (χ2n) is 5.13. The van der Waals surface area contributed by atoms with Crippen molar-refractivity contribution >= 4 is 28.5 Å². The summed E-state index contributed by atoms with van der Waals surface area (Å²) in [4.78, 5) is 6.99. The number of fused-ring (bicyclic) bond motifs is 1. The Bertz CT molecular complexity index is 687. The average Bonchev–Trinajstić information content (AvgIpc) is 2.50. The maximum Gasteiger partial charge on any atom is 0.176 e. The molecule has 1 aliphatic carbocycles. The molecule has 2 aromatic rings. The molecule has 7 heteroatoms. The van der Waals surface area contributed by atoms with Crippen LogP contribution in [0.3, 0.4) is 0 Å². The molecule has 0 unspecified atom stereocenters. The molecule has 3 rings (SSSR count). The fourth-order valence-corrected chi connectivity index (χ4v) is 3.94. The van der Waals surface area contributed by atoms with Gasteiger partial charge in [0.05, 0.1) is 10.3 Å². The Morgan fingerprint density at radius 3 is 2.43 bits per heavy atom. The Balaban J connectivity index is 2.10. The number of thioether (sulfide) groups is 1. The minimum Gasteiger partial charge on any atom is -0.383 e. The van der Waals surface area contributed by atoms with Gasteiger partial charge in [0.2, 0.25) is 0 Å². The van der Waals surface area contributed by atoms with E-state index in [0.29, 0.717) is 0 Å². The quantitative estimate of drug-likeness (QED) is 0.850. The zero-order chi connectivity index (χ0) is 15.0. The number of anilines is 1. The van der Waals surface area contributed by atoms with Gasteiger partial charge in [0.15, 0.2) is 17.5 Å². The van der Waals surface area contributed by atoms with Crippen LogP contribution in [0, 0.1) is 17.5 Å². The van der Waals surface area contributed by atoms with E-state index in [9.17, 15) is 13.2 Å². The van der Waals surface area contributed by atoms with E-state index in [2.05, 4.69) is 9.97 Å². The minimum atomic E-state index is -1.20. The third-order valence-electron chi connectivity index (χ3n) is 3.73. The summed E-state index contributed by atoms with van der Waals surface area (Å²) in [7, 11) is 0. The fourth-order valence-electron chi connectivity index (χ4n) is 2.65. The molecule has 1 saturated carbocycles. The molecule has 3 nitrogen and oxygen atoms in total. The van der Waals surface area contributed by atoms with E-state index in [0.717, 1.165) is 50.2 Å². The van der Waals surface area contributed by atoms with Crippen LogP contribution < -0.4 is 5.73 Å². The van der Waals surface area contributed by atoms with Gasteiger partial charge in [-0.1, -0.05) is 19.3 Å². The molecule has 21 heavy (non-hydrogen) atoms. The van der Waals surface area contributed by atoms with Crippen LogP contribution in [0.2, 0.25) is 0 Å². The number of benzene rings is 1. The first kappa shape index (κ1) is 14.4. The molecule has 2 N–H and O–H groups in total. The van der Waals surface area contributed by atoms with E-state index in [1.807, 2.05) is 0 Å². The van der Waals surface area contributed by atoms with Crippen LogP contribution in [0.15, 0.2) is 11.2 Å². The molecule has 0 saturated heterocycles. The number of halogens is 3. The van der Waals surface area contributed by atoms with E-state index >= 15 is 0 Å². The van der Waals surface area contributed by atoms with Gasteiger partial charge in [0.25, 0.3) is 0 Å². The molecule has 1 aromatic carbocycles. The van der Waals surface area contributed by atoms with Crippen molar-refractivity contribution in [3.63, 3.8) is 0 Å². The number of aromatic nitrogens is 2. The van der Waals surface area contributed by atoms with Crippen molar-refractivity contribution in [2.75, 3.05) is 5.73 Å². The van der Waals surface area contributed by atoms with Gasteiger partial charge in [-0.05, 0) is 12.8 Å². The molecule has 0 aliphatic heterocycles. The first-order chi connectivity index (χ1) is 10.1. The molecular formula is C14H14F3N3S. The summed E-state index contributed by atoms with van der Waals surface area (Å²) in [5, 5.41) is -0.278. The molecule has 1 heterocycles. The number of rotatable bonds is 2. The fraction of sp³-hybridized carbons (Fsp3) is 0.429. The van der Waals surface area contributed by atoms with E-state index < -0.39 is 17.5 Å². The molecule has 1 aromatic heterocycles. The van der Waals surface area contributed by atoms with E-state index in [4.69, 9.17) is 5.73 Å². The largest absolute Gasteiger partial charge is 0.383 e. The molecular weight excluding hydrogens is 299 g/mol. The number of hydrogen-bond acceptors (Lipinski definition) is 4. The highest BCUT2D eigenvalue weighted by atomic mass is 32.2. The lowest BCUT2D eigenvalue weighted by molar-refractivity contribution is 0.474. The third kappa shape index (κ3) is 2.54. The second kappa shape index (κ2) is 5.71. The minimum absolute atomic E-state index is 0.110. The standard InChI is InChI=1S/C14H14F3N3S/c15-9-8-12(19-6-20-14(8)18)11(17)13(10(9)16)21-7-4-2-1-3-5-7/h6-7H,1-5H2,(H2,18,19,20). The number of hydrogen-bond donors (Lipinski definition) is 1. The maximum absolute atomic E-state index is 14.5. The summed E-state index contributed by atoms with van der Waals surface area (Å²) in [5.41, 5.74) is 5.23. The Labute approximate surface area is 124 Å². The van der Waals surface area contributed by atoms with Crippen LogP contribution >= 0.6 is 11.8 Å². The molecule has 1 fully saturated rings.